The third-order valence-corrected chi connectivity index (χ3v) is 4.37. The predicted molar refractivity (Wildman–Crippen MR) is 129 cm³/mol. The number of rotatable bonds is 8. The molecule has 170 valence electrons. The number of anilines is 3. The highest BCUT2D eigenvalue weighted by Crippen LogP contribution is 2.36. The van der Waals surface area contributed by atoms with Crippen LogP contribution in [0.25, 0.3) is 10.9 Å². The van der Waals surface area contributed by atoms with Crippen LogP contribution >= 0.6 is 11.6 Å². The second-order valence-electron chi connectivity index (χ2n) is 6.38. The molecule has 0 aliphatic heterocycles. The van der Waals surface area contributed by atoms with Crippen LogP contribution in [-0.4, -0.2) is 42.9 Å². The summed E-state index contributed by atoms with van der Waals surface area (Å²) in [6.07, 6.45) is 1.89. The Labute approximate surface area is 210 Å². The van der Waals surface area contributed by atoms with E-state index in [4.69, 9.17) is 30.0 Å². The Balaban J connectivity index is 2.11. The largest absolute Gasteiger partial charge is 0.492 e. The van der Waals surface area contributed by atoms with Crippen LogP contribution < -0.4 is 15.4 Å². The van der Waals surface area contributed by atoms with E-state index in [-0.39, 0.29) is 50.8 Å². The maximum absolute atomic E-state index is 14.2. The summed E-state index contributed by atoms with van der Waals surface area (Å²) in [6, 6.07) is 1.82. The van der Waals surface area contributed by atoms with Gasteiger partial charge in [-0.1, -0.05) is 17.7 Å². The second-order valence-corrected chi connectivity index (χ2v) is 6.76. The number of hydrogen-bond donors (Lipinski definition) is 2. The van der Waals surface area contributed by atoms with Gasteiger partial charge >= 0.3 is 0 Å². The number of nitrogens with zero attached hydrogens (tertiary/aromatic N) is 3. The van der Waals surface area contributed by atoms with E-state index in [0.717, 1.165) is 0 Å². The van der Waals surface area contributed by atoms with Gasteiger partial charge in [-0.25, -0.2) is 4.39 Å². The van der Waals surface area contributed by atoms with E-state index in [9.17, 15) is 14.4 Å². The Bertz CT molecular complexity index is 1610. The van der Waals surface area contributed by atoms with Crippen molar-refractivity contribution < 1.29 is 27.6 Å². The third-order valence-electron chi connectivity index (χ3n) is 4.10. The molecule has 0 unspecified atom stereocenters. The molecule has 9 heteroatoms. The number of carbonyl (C=O) groups excluding carboxylic acids is 1. The van der Waals surface area contributed by atoms with E-state index in [0.29, 0.717) is 6.08 Å². The molecule has 3 aromatic rings. The first kappa shape index (κ1) is 13.8. The van der Waals surface area contributed by atoms with Crippen molar-refractivity contribution in [2.75, 3.05) is 37.7 Å². The smallest absolute Gasteiger partial charge is 0.248 e. The van der Waals surface area contributed by atoms with Crippen molar-refractivity contribution in [1.29, 1.82) is 5.26 Å². The van der Waals surface area contributed by atoms with Gasteiger partial charge in [0.2, 0.25) is 5.91 Å². The molecule has 0 saturated carbocycles. The summed E-state index contributed by atoms with van der Waals surface area (Å²) < 4.78 is 96.4. The number of hydrogen-bond acceptors (Lipinski definition) is 6. The summed E-state index contributed by atoms with van der Waals surface area (Å²) in [5, 5.41) is 14.4. The molecular weight excluding hydrogens is 445 g/mol. The van der Waals surface area contributed by atoms with E-state index in [2.05, 4.69) is 15.6 Å². The zero-order valence-electron chi connectivity index (χ0n) is 27.1. The Morgan fingerprint density at radius 1 is 1.48 bits per heavy atom. The fourth-order valence-electron chi connectivity index (χ4n) is 2.77. The van der Waals surface area contributed by atoms with E-state index in [1.54, 1.807) is 6.92 Å². The lowest BCUT2D eigenvalue weighted by molar-refractivity contribution is -0.111. The van der Waals surface area contributed by atoms with Crippen LogP contribution in [0.4, 0.5) is 21.5 Å². The van der Waals surface area contributed by atoms with Gasteiger partial charge in [0.15, 0.2) is 0 Å². The molecular formula is C24H23ClFN5O2. The van der Waals surface area contributed by atoms with E-state index < -0.39 is 61.4 Å². The zero-order chi connectivity index (χ0) is 32.4. The van der Waals surface area contributed by atoms with Gasteiger partial charge in [0, 0.05) is 44.2 Å². The van der Waals surface area contributed by atoms with Crippen LogP contribution in [0, 0.1) is 17.1 Å². The zero-order valence-corrected chi connectivity index (χ0v) is 17.9. The van der Waals surface area contributed by atoms with E-state index in [1.165, 1.54) is 18.3 Å². The monoisotopic (exact) mass is 477 g/mol. The van der Waals surface area contributed by atoms with Crippen molar-refractivity contribution in [3.8, 4) is 11.8 Å². The Hall–Kier alpha value is -3.67. The molecule has 2 aromatic carbocycles. The minimum absolute atomic E-state index is 0.00218. The van der Waals surface area contributed by atoms with Gasteiger partial charge in [0.05, 0.1) is 39.6 Å². The Kier molecular flexibility index (Phi) is 4.50. The van der Waals surface area contributed by atoms with Crippen LogP contribution in [0.1, 0.15) is 26.2 Å². The number of aromatic nitrogens is 1. The van der Waals surface area contributed by atoms with Gasteiger partial charge in [-0.05, 0) is 45.1 Å². The molecule has 2 N–H and O–H groups in total. The molecule has 3 rings (SSSR count). The van der Waals surface area contributed by atoms with Crippen molar-refractivity contribution >= 4 is 45.5 Å². The first-order chi connectivity index (χ1) is 19.9. The first-order valence-corrected chi connectivity index (χ1v) is 9.75. The number of ether oxygens (including phenoxy) is 1. The average molecular weight is 478 g/mol. The maximum Gasteiger partial charge on any atom is 0.248 e. The normalized spacial score (nSPS) is 16.5. The van der Waals surface area contributed by atoms with Crippen molar-refractivity contribution in [3.05, 3.63) is 65.0 Å². The predicted octanol–water partition coefficient (Wildman–Crippen LogP) is 5.10. The van der Waals surface area contributed by atoms with Gasteiger partial charge in [0.1, 0.15) is 17.6 Å². The van der Waals surface area contributed by atoms with E-state index in [1.807, 2.05) is 6.07 Å². The molecule has 1 amide bonds. The molecule has 0 spiro atoms. The van der Waals surface area contributed by atoms with Crippen LogP contribution in [0.15, 0.2) is 48.6 Å². The molecule has 7 nitrogen and oxygen atoms in total. The third kappa shape index (κ3) is 5.98. The quantitative estimate of drug-likeness (QED) is 0.439. The second kappa shape index (κ2) is 10.8. The molecule has 0 aliphatic rings. The van der Waals surface area contributed by atoms with Crippen molar-refractivity contribution in [2.45, 2.75) is 6.92 Å². The molecule has 0 bridgehead atoms. The van der Waals surface area contributed by atoms with Gasteiger partial charge in [-0.3, -0.25) is 9.78 Å². The molecule has 0 fully saturated rings. The number of pyridine rings is 1. The summed E-state index contributed by atoms with van der Waals surface area (Å²) in [4.78, 5) is 17.2. The molecule has 0 saturated heterocycles. The molecule has 1 aromatic heterocycles. The summed E-state index contributed by atoms with van der Waals surface area (Å²) >= 11 is 5.85. The fraction of sp³-hybridized carbons (Fsp3) is 0.208. The first-order valence-electron chi connectivity index (χ1n) is 14.4. The summed E-state index contributed by atoms with van der Waals surface area (Å²) in [7, 11) is 0. The molecule has 33 heavy (non-hydrogen) atoms. The highest BCUT2D eigenvalue weighted by atomic mass is 35.5. The van der Waals surface area contributed by atoms with Crippen molar-refractivity contribution in [1.82, 2.24) is 9.88 Å². The summed E-state index contributed by atoms with van der Waals surface area (Å²) in [6.45, 7) is -5.21. The number of amides is 1. The summed E-state index contributed by atoms with van der Waals surface area (Å²) in [5.74, 6) is -2.08. The van der Waals surface area contributed by atoms with Gasteiger partial charge in [-0.15, -0.1) is 0 Å². The lowest BCUT2D eigenvalue weighted by atomic mass is 10.1. The Morgan fingerprint density at radius 2 is 2.30 bits per heavy atom. The molecule has 0 aliphatic carbocycles. The van der Waals surface area contributed by atoms with Crippen molar-refractivity contribution in [3.63, 3.8) is 0 Å². The SMILES string of the molecule is [2H]/C(=C\C(=O)Nc1cc2c(Nc3c([2H])c([2H])c(F)c(Cl)c3[2H])c(C#N)cnc2cc1OCC)CN(C([2H])([2H])[2H])C([2H])([2H])[2H]. The minimum Gasteiger partial charge on any atom is -0.492 e. The topological polar surface area (TPSA) is 90.3 Å². The van der Waals surface area contributed by atoms with E-state index >= 15 is 0 Å². The van der Waals surface area contributed by atoms with Gasteiger partial charge < -0.3 is 20.3 Å². The summed E-state index contributed by atoms with van der Waals surface area (Å²) in [5.41, 5.74) is -0.236. The number of halogens is 2. The number of nitriles is 1. The van der Waals surface area contributed by atoms with Crippen LogP contribution in [0.5, 0.6) is 5.75 Å². The number of likely N-dealkylation sites (N-methyl/N-ethyl adjacent to an activating group) is 1. The standard InChI is InChI=1S/C24H23ClFN5O2/c1-4-33-22-12-20-17(11-21(22)30-23(32)6-5-9-31(2)3)24(15(13-27)14-28-20)29-16-7-8-19(26)18(25)10-16/h5-8,10-12,14H,4,9H2,1-3H3,(H,28,29)(H,30,32)/b6-5+/i2D3,3D3,5D,7D,8D,10D. The average Bonchev–Trinajstić information content (AvgIpc) is 2.91. The number of fused-ring (bicyclic) bond motifs is 1. The highest BCUT2D eigenvalue weighted by Gasteiger charge is 2.15. The maximum atomic E-state index is 14.2. The van der Waals surface area contributed by atoms with Crippen LogP contribution in [0.3, 0.4) is 0 Å². The van der Waals surface area contributed by atoms with Crippen molar-refractivity contribution in [2.24, 2.45) is 0 Å². The fourth-order valence-corrected chi connectivity index (χ4v) is 2.91. The van der Waals surface area contributed by atoms with Gasteiger partial charge in [-0.2, -0.15) is 5.26 Å². The number of benzene rings is 2. The van der Waals surface area contributed by atoms with Gasteiger partial charge in [0.25, 0.3) is 0 Å². The Morgan fingerprint density at radius 3 is 3.03 bits per heavy atom. The number of nitrogens with one attached hydrogen (secondary N) is 2. The lowest BCUT2D eigenvalue weighted by Crippen LogP contribution is -2.13. The van der Waals surface area contributed by atoms with Crippen LogP contribution in [-0.2, 0) is 4.79 Å². The highest BCUT2D eigenvalue weighted by molar-refractivity contribution is 6.31. The molecule has 0 radical (unpaired) electrons. The lowest BCUT2D eigenvalue weighted by Gasteiger charge is -2.16. The van der Waals surface area contributed by atoms with Crippen LogP contribution in [0.2, 0.25) is 5.02 Å². The molecule has 1 heterocycles. The molecule has 0 atom stereocenters. The minimum atomic E-state index is -3.06. The number of carbonyl (C=O) groups is 1.